The summed E-state index contributed by atoms with van der Waals surface area (Å²) in [6, 6.07) is 4.23. The number of rotatable bonds is 3. The van der Waals surface area contributed by atoms with Crippen molar-refractivity contribution in [3.8, 4) is 11.4 Å². The molecule has 5 heteroatoms. The van der Waals surface area contributed by atoms with E-state index in [-0.39, 0.29) is 0 Å². The Morgan fingerprint density at radius 1 is 1.21 bits per heavy atom. The van der Waals surface area contributed by atoms with E-state index in [1.807, 2.05) is 19.2 Å². The molecular formula is C14H18N4O. The van der Waals surface area contributed by atoms with Gasteiger partial charge in [-0.25, -0.2) is 0 Å². The van der Waals surface area contributed by atoms with Crippen molar-refractivity contribution in [3.05, 3.63) is 30.4 Å². The molecule has 0 aromatic carbocycles. The summed E-state index contributed by atoms with van der Waals surface area (Å²) in [5.74, 6) is 1.74. The molecule has 1 aliphatic rings. The van der Waals surface area contributed by atoms with E-state index in [1.165, 1.54) is 19.3 Å². The van der Waals surface area contributed by atoms with Gasteiger partial charge in [-0.15, -0.1) is 0 Å². The van der Waals surface area contributed by atoms with Crippen LogP contribution in [0.4, 0.5) is 0 Å². The van der Waals surface area contributed by atoms with Crippen LogP contribution in [0.15, 0.2) is 29.0 Å². The average Bonchev–Trinajstić information content (AvgIpc) is 2.98. The van der Waals surface area contributed by atoms with Crippen LogP contribution >= 0.6 is 0 Å². The standard InChI is InChI=1S/C14H18N4O/c1-15-12-5-3-2-4-11(12)14-17-13(18-19-14)10-6-8-16-9-7-10/h6-9,11-12,15H,2-5H2,1H3. The number of nitrogens with zero attached hydrogens (tertiary/aromatic N) is 3. The number of nitrogens with one attached hydrogen (secondary N) is 1. The normalized spacial score (nSPS) is 23.4. The third-order valence-electron chi connectivity index (χ3n) is 3.83. The molecule has 3 rings (SSSR count). The van der Waals surface area contributed by atoms with Gasteiger partial charge in [-0.3, -0.25) is 4.98 Å². The van der Waals surface area contributed by atoms with E-state index in [0.29, 0.717) is 17.8 Å². The fourth-order valence-electron chi connectivity index (χ4n) is 2.78. The van der Waals surface area contributed by atoms with Crippen molar-refractivity contribution >= 4 is 0 Å². The second-order valence-corrected chi connectivity index (χ2v) is 4.98. The average molecular weight is 258 g/mol. The van der Waals surface area contributed by atoms with Crippen LogP contribution in [0.5, 0.6) is 0 Å². The summed E-state index contributed by atoms with van der Waals surface area (Å²) in [6.07, 6.45) is 8.27. The largest absolute Gasteiger partial charge is 0.339 e. The molecule has 100 valence electrons. The summed E-state index contributed by atoms with van der Waals surface area (Å²) in [5.41, 5.74) is 0.946. The minimum atomic E-state index is 0.335. The highest BCUT2D eigenvalue weighted by atomic mass is 16.5. The number of pyridine rings is 1. The van der Waals surface area contributed by atoms with E-state index in [0.717, 1.165) is 17.9 Å². The van der Waals surface area contributed by atoms with Gasteiger partial charge < -0.3 is 9.84 Å². The van der Waals surface area contributed by atoms with Crippen molar-refractivity contribution in [2.45, 2.75) is 37.6 Å². The van der Waals surface area contributed by atoms with Crippen molar-refractivity contribution < 1.29 is 4.52 Å². The van der Waals surface area contributed by atoms with E-state index >= 15 is 0 Å². The van der Waals surface area contributed by atoms with Gasteiger partial charge in [0, 0.05) is 24.0 Å². The molecule has 1 N–H and O–H groups in total. The summed E-state index contributed by atoms with van der Waals surface area (Å²) in [7, 11) is 2.00. The molecule has 2 aromatic rings. The maximum absolute atomic E-state index is 5.47. The van der Waals surface area contributed by atoms with E-state index in [9.17, 15) is 0 Å². The molecule has 19 heavy (non-hydrogen) atoms. The van der Waals surface area contributed by atoms with Gasteiger partial charge >= 0.3 is 0 Å². The Balaban J connectivity index is 1.84. The number of hydrogen-bond donors (Lipinski definition) is 1. The predicted molar refractivity (Wildman–Crippen MR) is 71.6 cm³/mol. The van der Waals surface area contributed by atoms with E-state index in [1.54, 1.807) is 12.4 Å². The van der Waals surface area contributed by atoms with E-state index in [2.05, 4.69) is 20.4 Å². The van der Waals surface area contributed by atoms with Gasteiger partial charge in [0.15, 0.2) is 0 Å². The summed E-state index contributed by atoms with van der Waals surface area (Å²) in [5, 5.41) is 7.45. The lowest BCUT2D eigenvalue weighted by molar-refractivity contribution is 0.270. The maximum atomic E-state index is 5.47. The topological polar surface area (TPSA) is 63.8 Å². The van der Waals surface area contributed by atoms with Crippen LogP contribution in [-0.4, -0.2) is 28.2 Å². The molecule has 0 aliphatic heterocycles. The zero-order valence-electron chi connectivity index (χ0n) is 11.0. The Bertz CT molecular complexity index is 525. The smallest absolute Gasteiger partial charge is 0.231 e. The molecule has 2 unspecified atom stereocenters. The second kappa shape index (κ2) is 5.48. The highest BCUT2D eigenvalue weighted by Crippen LogP contribution is 2.32. The van der Waals surface area contributed by atoms with Gasteiger partial charge in [0.2, 0.25) is 11.7 Å². The molecule has 0 bridgehead atoms. The van der Waals surface area contributed by atoms with Crippen LogP contribution in [0, 0.1) is 0 Å². The Kier molecular flexibility index (Phi) is 3.55. The quantitative estimate of drug-likeness (QED) is 0.915. The lowest BCUT2D eigenvalue weighted by Crippen LogP contribution is -2.34. The summed E-state index contributed by atoms with van der Waals surface area (Å²) in [4.78, 5) is 8.55. The van der Waals surface area contributed by atoms with Crippen molar-refractivity contribution in [1.82, 2.24) is 20.4 Å². The zero-order valence-corrected chi connectivity index (χ0v) is 11.0. The molecule has 0 saturated heterocycles. The Hall–Kier alpha value is -1.75. The molecule has 2 heterocycles. The van der Waals surface area contributed by atoms with E-state index < -0.39 is 0 Å². The highest BCUT2D eigenvalue weighted by molar-refractivity contribution is 5.52. The number of hydrogen-bond acceptors (Lipinski definition) is 5. The van der Waals surface area contributed by atoms with Crippen LogP contribution in [0.2, 0.25) is 0 Å². The SMILES string of the molecule is CNC1CCCCC1c1nc(-c2ccncc2)no1. The third kappa shape index (κ3) is 2.51. The first-order chi connectivity index (χ1) is 9.38. The molecule has 1 aliphatic carbocycles. The van der Waals surface area contributed by atoms with Gasteiger partial charge in [-0.2, -0.15) is 4.98 Å². The minimum absolute atomic E-state index is 0.335. The molecule has 5 nitrogen and oxygen atoms in total. The molecule has 2 aromatic heterocycles. The first-order valence-electron chi connectivity index (χ1n) is 6.80. The van der Waals surface area contributed by atoms with Crippen molar-refractivity contribution in [1.29, 1.82) is 0 Å². The molecule has 0 spiro atoms. The zero-order chi connectivity index (χ0) is 13.1. The van der Waals surface area contributed by atoms with Crippen molar-refractivity contribution in [2.75, 3.05) is 7.05 Å². The van der Waals surface area contributed by atoms with Crippen LogP contribution in [0.25, 0.3) is 11.4 Å². The first-order valence-corrected chi connectivity index (χ1v) is 6.80. The molecular weight excluding hydrogens is 240 g/mol. The predicted octanol–water partition coefficient (Wildman–Crippen LogP) is 2.38. The van der Waals surface area contributed by atoms with Crippen molar-refractivity contribution in [2.24, 2.45) is 0 Å². The maximum Gasteiger partial charge on any atom is 0.231 e. The van der Waals surface area contributed by atoms with Crippen molar-refractivity contribution in [3.63, 3.8) is 0 Å². The highest BCUT2D eigenvalue weighted by Gasteiger charge is 2.29. The molecule has 2 atom stereocenters. The van der Waals surface area contributed by atoms with Gasteiger partial charge in [-0.05, 0) is 32.0 Å². The lowest BCUT2D eigenvalue weighted by atomic mass is 9.84. The fraction of sp³-hybridized carbons (Fsp3) is 0.500. The third-order valence-corrected chi connectivity index (χ3v) is 3.83. The second-order valence-electron chi connectivity index (χ2n) is 4.98. The molecule has 1 fully saturated rings. The van der Waals surface area contributed by atoms with Gasteiger partial charge in [0.05, 0.1) is 5.92 Å². The summed E-state index contributed by atoms with van der Waals surface area (Å²) >= 11 is 0. The number of aromatic nitrogens is 3. The lowest BCUT2D eigenvalue weighted by Gasteiger charge is -2.28. The van der Waals surface area contributed by atoms with Gasteiger partial charge in [0.25, 0.3) is 0 Å². The minimum Gasteiger partial charge on any atom is -0.339 e. The van der Waals surface area contributed by atoms with Crippen LogP contribution in [0.3, 0.4) is 0 Å². The van der Waals surface area contributed by atoms with Crippen LogP contribution in [0.1, 0.15) is 37.5 Å². The monoisotopic (exact) mass is 258 g/mol. The van der Waals surface area contributed by atoms with Gasteiger partial charge in [0.1, 0.15) is 0 Å². The molecule has 0 radical (unpaired) electrons. The first kappa shape index (κ1) is 12.3. The summed E-state index contributed by atoms with van der Waals surface area (Å²) < 4.78 is 5.47. The molecule has 1 saturated carbocycles. The van der Waals surface area contributed by atoms with Crippen LogP contribution < -0.4 is 5.32 Å². The Labute approximate surface area is 112 Å². The fourth-order valence-corrected chi connectivity index (χ4v) is 2.78. The Morgan fingerprint density at radius 3 is 2.79 bits per heavy atom. The van der Waals surface area contributed by atoms with Gasteiger partial charge in [-0.1, -0.05) is 18.0 Å². The molecule has 0 amide bonds. The van der Waals surface area contributed by atoms with Crippen LogP contribution in [-0.2, 0) is 0 Å². The Morgan fingerprint density at radius 2 is 2.00 bits per heavy atom. The van der Waals surface area contributed by atoms with E-state index in [4.69, 9.17) is 4.52 Å². The number of likely N-dealkylation sites (N-methyl/N-ethyl adjacent to an activating group) is 1. The summed E-state index contributed by atoms with van der Waals surface area (Å²) in [6.45, 7) is 0.